The highest BCUT2D eigenvalue weighted by Crippen LogP contribution is 2.24. The Balaban J connectivity index is 0.00000150. The standard InChI is InChI=1S/C23H28N2O2.2ClH/c26-22(20-8-9-23-21(17-20)10-16-27-23)7-4-11-24-12-14-25(15-13-24)18-19-5-2-1-3-6-19;;/h1-3,5-6,8-10,16-17,22,26H,4,7,11-15,18H2;2*1H. The fraction of sp³-hybridized carbons (Fsp3) is 0.391. The van der Waals surface area contributed by atoms with Crippen molar-refractivity contribution in [2.24, 2.45) is 0 Å². The van der Waals surface area contributed by atoms with E-state index in [0.29, 0.717) is 0 Å². The van der Waals surface area contributed by atoms with E-state index < -0.39 is 6.10 Å². The van der Waals surface area contributed by atoms with Crippen LogP contribution >= 0.6 is 24.8 Å². The van der Waals surface area contributed by atoms with Crippen LogP contribution in [0.1, 0.15) is 30.1 Å². The molecule has 2 heterocycles. The van der Waals surface area contributed by atoms with Crippen molar-refractivity contribution in [3.63, 3.8) is 0 Å². The summed E-state index contributed by atoms with van der Waals surface area (Å²) in [4.78, 5) is 5.05. The Morgan fingerprint density at radius 3 is 2.38 bits per heavy atom. The molecule has 1 aliphatic heterocycles. The molecule has 0 amide bonds. The summed E-state index contributed by atoms with van der Waals surface area (Å²) in [6.45, 7) is 6.57. The van der Waals surface area contributed by atoms with E-state index >= 15 is 0 Å². The summed E-state index contributed by atoms with van der Waals surface area (Å²) in [7, 11) is 0. The van der Waals surface area contributed by atoms with E-state index in [4.69, 9.17) is 4.42 Å². The molecular weight excluding hydrogens is 407 g/mol. The largest absolute Gasteiger partial charge is 0.464 e. The molecular formula is C23H30Cl2N2O2. The number of nitrogens with zero attached hydrogens (tertiary/aromatic N) is 2. The van der Waals surface area contributed by atoms with Gasteiger partial charge in [0.05, 0.1) is 12.4 Å². The second-order valence-corrected chi connectivity index (χ2v) is 7.48. The lowest BCUT2D eigenvalue weighted by atomic mass is 10.0. The molecule has 1 aliphatic rings. The third-order valence-electron chi connectivity index (χ3n) is 5.53. The zero-order chi connectivity index (χ0) is 18.5. The number of aliphatic hydroxyl groups excluding tert-OH is 1. The van der Waals surface area contributed by atoms with Gasteiger partial charge >= 0.3 is 0 Å². The van der Waals surface area contributed by atoms with Crippen molar-refractivity contribution in [3.8, 4) is 0 Å². The third-order valence-corrected chi connectivity index (χ3v) is 5.53. The highest BCUT2D eigenvalue weighted by atomic mass is 35.5. The number of halogens is 2. The lowest BCUT2D eigenvalue weighted by Crippen LogP contribution is -2.46. The molecule has 4 rings (SSSR count). The molecule has 0 spiro atoms. The number of piperazine rings is 1. The average molecular weight is 437 g/mol. The first-order chi connectivity index (χ1) is 13.3. The smallest absolute Gasteiger partial charge is 0.133 e. The molecule has 1 unspecified atom stereocenters. The van der Waals surface area contributed by atoms with E-state index in [1.807, 2.05) is 24.3 Å². The molecule has 0 saturated carbocycles. The summed E-state index contributed by atoms with van der Waals surface area (Å²) in [6, 6.07) is 18.6. The van der Waals surface area contributed by atoms with Crippen molar-refractivity contribution in [3.05, 3.63) is 72.0 Å². The zero-order valence-electron chi connectivity index (χ0n) is 16.6. The van der Waals surface area contributed by atoms with Crippen LogP contribution in [0.5, 0.6) is 0 Å². The van der Waals surface area contributed by atoms with E-state index in [0.717, 1.165) is 68.6 Å². The molecule has 4 nitrogen and oxygen atoms in total. The summed E-state index contributed by atoms with van der Waals surface area (Å²) in [5.74, 6) is 0. The first-order valence-corrected chi connectivity index (χ1v) is 9.92. The van der Waals surface area contributed by atoms with Gasteiger partial charge in [-0.2, -0.15) is 0 Å². The van der Waals surface area contributed by atoms with Gasteiger partial charge in [-0.05, 0) is 48.7 Å². The van der Waals surface area contributed by atoms with Crippen LogP contribution in [0, 0.1) is 0 Å². The van der Waals surface area contributed by atoms with Gasteiger partial charge in [-0.25, -0.2) is 0 Å². The summed E-state index contributed by atoms with van der Waals surface area (Å²) >= 11 is 0. The van der Waals surface area contributed by atoms with Crippen LogP contribution in [0.4, 0.5) is 0 Å². The maximum Gasteiger partial charge on any atom is 0.133 e. The van der Waals surface area contributed by atoms with Gasteiger partial charge < -0.3 is 14.4 Å². The van der Waals surface area contributed by atoms with Gasteiger partial charge in [0.15, 0.2) is 0 Å². The first kappa shape index (κ1) is 23.7. The van der Waals surface area contributed by atoms with Crippen LogP contribution in [0.25, 0.3) is 11.0 Å². The Labute approximate surface area is 185 Å². The average Bonchev–Trinajstić information content (AvgIpc) is 3.18. The van der Waals surface area contributed by atoms with Gasteiger partial charge in [0.2, 0.25) is 0 Å². The first-order valence-electron chi connectivity index (χ1n) is 9.92. The molecule has 1 saturated heterocycles. The van der Waals surface area contributed by atoms with E-state index in [9.17, 15) is 5.11 Å². The van der Waals surface area contributed by atoms with Crippen LogP contribution in [0.15, 0.2) is 65.3 Å². The topological polar surface area (TPSA) is 39.9 Å². The molecule has 1 atom stereocenters. The molecule has 6 heteroatoms. The Morgan fingerprint density at radius 2 is 1.62 bits per heavy atom. The van der Waals surface area contributed by atoms with E-state index in [1.165, 1.54) is 5.56 Å². The van der Waals surface area contributed by atoms with Gasteiger partial charge in [-0.15, -0.1) is 24.8 Å². The van der Waals surface area contributed by atoms with Gasteiger partial charge in [-0.3, -0.25) is 4.90 Å². The van der Waals surface area contributed by atoms with Gasteiger partial charge in [0, 0.05) is 38.1 Å². The zero-order valence-corrected chi connectivity index (χ0v) is 18.2. The molecule has 0 bridgehead atoms. The normalized spacial score (nSPS) is 16.2. The maximum absolute atomic E-state index is 10.5. The quantitative estimate of drug-likeness (QED) is 0.570. The fourth-order valence-electron chi connectivity index (χ4n) is 3.88. The molecule has 1 N–H and O–H groups in total. The molecule has 0 aliphatic carbocycles. The van der Waals surface area contributed by atoms with Crippen LogP contribution < -0.4 is 0 Å². The van der Waals surface area contributed by atoms with Crippen LogP contribution in [0.2, 0.25) is 0 Å². The van der Waals surface area contributed by atoms with E-state index in [1.54, 1.807) is 6.26 Å². The summed E-state index contributed by atoms with van der Waals surface area (Å²) in [6.07, 6.45) is 3.11. The predicted molar refractivity (Wildman–Crippen MR) is 123 cm³/mol. The number of hydrogen-bond donors (Lipinski definition) is 1. The second kappa shape index (κ2) is 11.6. The number of hydrogen-bond acceptors (Lipinski definition) is 4. The van der Waals surface area contributed by atoms with Crippen molar-refractivity contribution in [2.45, 2.75) is 25.5 Å². The minimum Gasteiger partial charge on any atom is -0.464 e. The fourth-order valence-corrected chi connectivity index (χ4v) is 3.88. The molecule has 2 aromatic carbocycles. The van der Waals surface area contributed by atoms with Crippen molar-refractivity contribution in [2.75, 3.05) is 32.7 Å². The van der Waals surface area contributed by atoms with Gasteiger partial charge in [-0.1, -0.05) is 36.4 Å². The van der Waals surface area contributed by atoms with E-state index in [-0.39, 0.29) is 24.8 Å². The minimum absolute atomic E-state index is 0. The molecule has 1 fully saturated rings. The van der Waals surface area contributed by atoms with Crippen molar-refractivity contribution in [1.82, 2.24) is 9.80 Å². The van der Waals surface area contributed by atoms with Crippen LogP contribution in [-0.2, 0) is 6.54 Å². The Hall–Kier alpha value is -1.56. The van der Waals surface area contributed by atoms with Gasteiger partial charge in [0.25, 0.3) is 0 Å². The third kappa shape index (κ3) is 6.46. The van der Waals surface area contributed by atoms with Crippen molar-refractivity contribution < 1.29 is 9.52 Å². The lowest BCUT2D eigenvalue weighted by molar-refractivity contribution is 0.114. The monoisotopic (exact) mass is 436 g/mol. The molecule has 3 aromatic rings. The second-order valence-electron chi connectivity index (χ2n) is 7.48. The number of aliphatic hydroxyl groups is 1. The molecule has 158 valence electrons. The van der Waals surface area contributed by atoms with Crippen LogP contribution in [0.3, 0.4) is 0 Å². The minimum atomic E-state index is -0.399. The molecule has 1 aromatic heterocycles. The number of benzene rings is 2. The van der Waals surface area contributed by atoms with E-state index in [2.05, 4.69) is 40.1 Å². The SMILES string of the molecule is Cl.Cl.OC(CCCN1CCN(Cc2ccccc2)CC1)c1ccc2occc2c1. The summed E-state index contributed by atoms with van der Waals surface area (Å²) < 4.78 is 5.37. The van der Waals surface area contributed by atoms with Crippen molar-refractivity contribution >= 4 is 35.8 Å². The number of fused-ring (bicyclic) bond motifs is 1. The Bertz CT molecular complexity index is 848. The predicted octanol–water partition coefficient (Wildman–Crippen LogP) is 4.91. The molecule has 29 heavy (non-hydrogen) atoms. The Kier molecular flexibility index (Phi) is 9.47. The number of furan rings is 1. The lowest BCUT2D eigenvalue weighted by Gasteiger charge is -2.34. The van der Waals surface area contributed by atoms with Gasteiger partial charge in [0.1, 0.15) is 5.58 Å². The summed E-state index contributed by atoms with van der Waals surface area (Å²) in [5.41, 5.74) is 3.25. The number of rotatable bonds is 7. The maximum atomic E-state index is 10.5. The van der Waals surface area contributed by atoms with Crippen molar-refractivity contribution in [1.29, 1.82) is 0 Å². The summed E-state index contributed by atoms with van der Waals surface area (Å²) in [5, 5.41) is 11.6. The Morgan fingerprint density at radius 1 is 0.897 bits per heavy atom. The highest BCUT2D eigenvalue weighted by Gasteiger charge is 2.17. The molecule has 0 radical (unpaired) electrons. The highest BCUT2D eigenvalue weighted by molar-refractivity contribution is 5.85. The van der Waals surface area contributed by atoms with Crippen LogP contribution in [-0.4, -0.2) is 47.6 Å².